The van der Waals surface area contributed by atoms with Crippen molar-refractivity contribution in [1.82, 2.24) is 0 Å². The van der Waals surface area contributed by atoms with E-state index in [-0.39, 0.29) is 6.10 Å². The van der Waals surface area contributed by atoms with Crippen LogP contribution >= 0.6 is 32.9 Å². The summed E-state index contributed by atoms with van der Waals surface area (Å²) in [4.78, 5) is 0. The average molecular weight is 192 g/mol. The van der Waals surface area contributed by atoms with Crippen LogP contribution < -0.4 is 4.74 Å². The van der Waals surface area contributed by atoms with Gasteiger partial charge in [-0.05, 0) is 24.2 Å². The highest BCUT2D eigenvalue weighted by Crippen LogP contribution is 2.26. The second-order valence-electron chi connectivity index (χ2n) is 2.12. The van der Waals surface area contributed by atoms with Crippen molar-refractivity contribution in [1.29, 1.82) is 0 Å². The Morgan fingerprint density at radius 3 is 2.60 bits per heavy atom. The van der Waals surface area contributed by atoms with Crippen molar-refractivity contribution in [3.8, 4) is 5.06 Å². The highest BCUT2D eigenvalue weighted by molar-refractivity contribution is 7.79. The summed E-state index contributed by atoms with van der Waals surface area (Å²) in [5.41, 5.74) is 0. The van der Waals surface area contributed by atoms with Crippen LogP contribution in [0.5, 0.6) is 5.06 Å². The highest BCUT2D eigenvalue weighted by atomic mass is 32.9. The van der Waals surface area contributed by atoms with Crippen molar-refractivity contribution in [3.63, 3.8) is 0 Å². The van der Waals surface area contributed by atoms with Gasteiger partial charge in [-0.2, -0.15) is 0 Å². The molecule has 0 saturated heterocycles. The number of hydrogen-bond acceptors (Lipinski definition) is 4. The molecule has 0 aliphatic heterocycles. The molecule has 0 aromatic carbocycles. The summed E-state index contributed by atoms with van der Waals surface area (Å²) in [5, 5.41) is 0.935. The van der Waals surface area contributed by atoms with E-state index in [0.717, 1.165) is 8.89 Å². The summed E-state index contributed by atoms with van der Waals surface area (Å²) in [6.07, 6.45) is 0.250. The first kappa shape index (κ1) is 8.17. The van der Waals surface area contributed by atoms with E-state index in [0.29, 0.717) is 0 Å². The third kappa shape index (κ3) is 2.36. The topological polar surface area (TPSA) is 9.23 Å². The molecule has 0 spiro atoms. The smallest absolute Gasteiger partial charge is 0.186 e. The molecule has 10 heavy (non-hydrogen) atoms. The maximum absolute atomic E-state index is 5.40. The van der Waals surface area contributed by atoms with Crippen LogP contribution in [0.2, 0.25) is 0 Å². The minimum Gasteiger partial charge on any atom is -0.481 e. The summed E-state index contributed by atoms with van der Waals surface area (Å²) in [7, 11) is 3.17. The van der Waals surface area contributed by atoms with Crippen molar-refractivity contribution in [3.05, 3.63) is 9.89 Å². The first-order valence-electron chi connectivity index (χ1n) is 2.95. The lowest BCUT2D eigenvalue weighted by atomic mass is 10.5. The first-order valence-corrected chi connectivity index (χ1v) is 5.51. The molecule has 1 rings (SSSR count). The monoisotopic (exact) mass is 192 g/mol. The summed E-state index contributed by atoms with van der Waals surface area (Å²) in [6.45, 7) is 4.01. The van der Waals surface area contributed by atoms with Gasteiger partial charge in [0.2, 0.25) is 0 Å². The van der Waals surface area contributed by atoms with E-state index in [4.69, 9.17) is 17.0 Å². The Labute approximate surface area is 72.7 Å². The van der Waals surface area contributed by atoms with E-state index in [2.05, 4.69) is 0 Å². The van der Waals surface area contributed by atoms with Crippen LogP contribution in [0, 0.1) is 3.82 Å². The molecule has 0 aliphatic carbocycles. The normalized spacial score (nSPS) is 10.3. The largest absolute Gasteiger partial charge is 0.481 e. The zero-order chi connectivity index (χ0) is 7.56. The zero-order valence-corrected chi connectivity index (χ0v) is 8.24. The van der Waals surface area contributed by atoms with Gasteiger partial charge in [-0.3, -0.25) is 0 Å². The predicted molar refractivity (Wildman–Crippen MR) is 48.8 cm³/mol. The van der Waals surface area contributed by atoms with E-state index >= 15 is 0 Å². The van der Waals surface area contributed by atoms with Gasteiger partial charge in [-0.25, -0.2) is 0 Å². The summed E-state index contributed by atoms with van der Waals surface area (Å²) in [6, 6.07) is 1.89. The van der Waals surface area contributed by atoms with Crippen molar-refractivity contribution in [2.24, 2.45) is 0 Å². The second-order valence-corrected chi connectivity index (χ2v) is 4.99. The molecule has 0 unspecified atom stereocenters. The van der Waals surface area contributed by atoms with Crippen LogP contribution in [0.15, 0.2) is 6.07 Å². The fraction of sp³-hybridized carbons (Fsp3) is 0.500. The lowest BCUT2D eigenvalue weighted by molar-refractivity contribution is 0.250. The Kier molecular flexibility index (Phi) is 2.82. The molecule has 0 saturated carbocycles. The van der Waals surface area contributed by atoms with Crippen LogP contribution in [0.25, 0.3) is 0 Å². The van der Waals surface area contributed by atoms with E-state index < -0.39 is 0 Å². The van der Waals surface area contributed by atoms with Gasteiger partial charge in [-0.1, -0.05) is 22.6 Å². The summed E-state index contributed by atoms with van der Waals surface area (Å²) >= 11 is 4.93. The number of hydrogen-bond donors (Lipinski definition) is 0. The minimum absolute atomic E-state index is 0.250. The first-order chi connectivity index (χ1) is 4.68. The van der Waals surface area contributed by atoms with Crippen molar-refractivity contribution >= 4 is 32.9 Å². The van der Waals surface area contributed by atoms with Gasteiger partial charge in [0.15, 0.2) is 5.06 Å². The fourth-order valence-corrected chi connectivity index (χ4v) is 2.69. The molecule has 0 atom stereocenters. The Morgan fingerprint density at radius 1 is 1.50 bits per heavy atom. The van der Waals surface area contributed by atoms with E-state index in [1.165, 1.54) is 0 Å². The summed E-state index contributed by atoms with van der Waals surface area (Å²) < 4.78 is 6.30. The SMILES string of the molecule is CC(C)Oc1cc(=S)ss1. The van der Waals surface area contributed by atoms with Gasteiger partial charge >= 0.3 is 0 Å². The fourth-order valence-electron chi connectivity index (χ4n) is 0.512. The number of rotatable bonds is 2. The van der Waals surface area contributed by atoms with Gasteiger partial charge in [0.1, 0.15) is 3.82 Å². The van der Waals surface area contributed by atoms with Crippen LogP contribution in [0.1, 0.15) is 13.8 Å². The minimum atomic E-state index is 0.250. The van der Waals surface area contributed by atoms with Gasteiger partial charge in [-0.15, -0.1) is 0 Å². The van der Waals surface area contributed by atoms with Crippen molar-refractivity contribution < 1.29 is 4.74 Å². The molecule has 0 amide bonds. The maximum Gasteiger partial charge on any atom is 0.186 e. The number of ether oxygens (including phenoxy) is 1. The van der Waals surface area contributed by atoms with Crippen LogP contribution in [0.4, 0.5) is 0 Å². The zero-order valence-electron chi connectivity index (χ0n) is 5.79. The molecule has 0 radical (unpaired) electrons. The van der Waals surface area contributed by atoms with Gasteiger partial charge in [0.05, 0.1) is 6.10 Å². The molecule has 0 N–H and O–H groups in total. The second kappa shape index (κ2) is 3.46. The molecule has 1 aromatic rings. The molecule has 0 bridgehead atoms. The molecule has 56 valence electrons. The standard InChI is InChI=1S/C6H8OS3/c1-4(2)7-5-3-6(8)10-9-5/h3-4H,1-2H3. The predicted octanol–water partition coefficient (Wildman–Crippen LogP) is 3.33. The van der Waals surface area contributed by atoms with Crippen molar-refractivity contribution in [2.45, 2.75) is 20.0 Å². The molecule has 1 aromatic heterocycles. The van der Waals surface area contributed by atoms with Crippen molar-refractivity contribution in [2.75, 3.05) is 0 Å². The molecular formula is C6H8OS3. The lowest BCUT2D eigenvalue weighted by Gasteiger charge is -2.04. The summed E-state index contributed by atoms with van der Waals surface area (Å²) in [5.74, 6) is 0. The lowest BCUT2D eigenvalue weighted by Crippen LogP contribution is -2.03. The van der Waals surface area contributed by atoms with E-state index in [1.807, 2.05) is 19.9 Å². The Balaban J connectivity index is 2.67. The third-order valence-corrected chi connectivity index (χ3v) is 3.50. The molecule has 0 aliphatic rings. The quantitative estimate of drug-likeness (QED) is 0.525. The Hall–Kier alpha value is 0.0700. The van der Waals surface area contributed by atoms with Gasteiger partial charge in [0, 0.05) is 6.07 Å². The van der Waals surface area contributed by atoms with E-state index in [1.54, 1.807) is 20.7 Å². The van der Waals surface area contributed by atoms with Gasteiger partial charge < -0.3 is 4.74 Å². The molecule has 1 heterocycles. The maximum atomic E-state index is 5.40. The Morgan fingerprint density at radius 2 is 2.20 bits per heavy atom. The van der Waals surface area contributed by atoms with Gasteiger partial charge in [0.25, 0.3) is 0 Å². The average Bonchev–Trinajstić information content (AvgIpc) is 2.13. The highest BCUT2D eigenvalue weighted by Gasteiger charge is 1.98. The molecular weight excluding hydrogens is 184 g/mol. The van der Waals surface area contributed by atoms with Crippen LogP contribution in [-0.2, 0) is 0 Å². The molecule has 1 nitrogen and oxygen atoms in total. The van der Waals surface area contributed by atoms with Crippen LogP contribution in [-0.4, -0.2) is 6.10 Å². The third-order valence-electron chi connectivity index (χ3n) is 0.793. The molecule has 4 heteroatoms. The van der Waals surface area contributed by atoms with E-state index in [9.17, 15) is 0 Å². The van der Waals surface area contributed by atoms with Crippen LogP contribution in [0.3, 0.4) is 0 Å². The Bertz CT molecular complexity index is 247. The molecule has 0 fully saturated rings.